The minimum absolute atomic E-state index is 0.120. The van der Waals surface area contributed by atoms with E-state index in [9.17, 15) is 9.59 Å². The first-order chi connectivity index (χ1) is 11.5. The Kier molecular flexibility index (Phi) is 4.97. The van der Waals surface area contributed by atoms with Gasteiger partial charge in [0.1, 0.15) is 0 Å². The molecule has 0 aromatic heterocycles. The Morgan fingerprint density at radius 2 is 1.83 bits per heavy atom. The molecule has 1 fully saturated rings. The molecule has 0 spiro atoms. The summed E-state index contributed by atoms with van der Waals surface area (Å²) in [6.45, 7) is 3.92. The number of benzene rings is 2. The molecule has 3 nitrogen and oxygen atoms in total. The molecule has 24 heavy (non-hydrogen) atoms. The smallest absolute Gasteiger partial charge is 0.247 e. The van der Waals surface area contributed by atoms with E-state index in [1.807, 2.05) is 56.3 Å². The third-order valence-electron chi connectivity index (χ3n) is 4.06. The van der Waals surface area contributed by atoms with Crippen molar-refractivity contribution in [3.63, 3.8) is 0 Å². The number of hydrogen-bond acceptors (Lipinski definition) is 3. The highest BCUT2D eigenvalue weighted by molar-refractivity contribution is 7.99. The van der Waals surface area contributed by atoms with Crippen LogP contribution in [0.3, 0.4) is 0 Å². The van der Waals surface area contributed by atoms with E-state index in [-0.39, 0.29) is 23.5 Å². The van der Waals surface area contributed by atoms with E-state index in [2.05, 4.69) is 0 Å². The van der Waals surface area contributed by atoms with Gasteiger partial charge in [0.2, 0.25) is 11.8 Å². The second-order valence-corrected chi connectivity index (χ2v) is 7.62. The van der Waals surface area contributed by atoms with E-state index >= 15 is 0 Å². The number of amides is 2. The molecule has 124 valence electrons. The molecule has 1 saturated heterocycles. The Hall–Kier alpha value is -1.78. The first kappa shape index (κ1) is 17.1. The van der Waals surface area contributed by atoms with Crippen molar-refractivity contribution < 1.29 is 9.59 Å². The van der Waals surface area contributed by atoms with Crippen LogP contribution in [0.2, 0.25) is 5.02 Å². The fourth-order valence-electron chi connectivity index (χ4n) is 2.82. The highest BCUT2D eigenvalue weighted by Crippen LogP contribution is 2.33. The monoisotopic (exact) mass is 359 g/mol. The quantitative estimate of drug-likeness (QED) is 0.753. The molecule has 0 aliphatic carbocycles. The number of anilines is 1. The Morgan fingerprint density at radius 1 is 1.12 bits per heavy atom. The molecule has 2 aromatic rings. The lowest BCUT2D eigenvalue weighted by molar-refractivity contribution is -0.121. The summed E-state index contributed by atoms with van der Waals surface area (Å²) in [5, 5.41) is 0.366. The van der Waals surface area contributed by atoms with Gasteiger partial charge < -0.3 is 0 Å². The van der Waals surface area contributed by atoms with Gasteiger partial charge in [0.05, 0.1) is 10.9 Å². The number of carbonyl (C=O) groups excluding carboxylic acids is 2. The molecule has 1 heterocycles. The van der Waals surface area contributed by atoms with Crippen LogP contribution in [-0.4, -0.2) is 17.1 Å². The normalized spacial score (nSPS) is 17.6. The van der Waals surface area contributed by atoms with E-state index in [0.29, 0.717) is 16.5 Å². The fraction of sp³-hybridized carbons (Fsp3) is 0.263. The Balaban J connectivity index is 1.73. The van der Waals surface area contributed by atoms with Gasteiger partial charge in [0.15, 0.2) is 0 Å². The van der Waals surface area contributed by atoms with Crippen LogP contribution in [0.15, 0.2) is 42.5 Å². The predicted molar refractivity (Wildman–Crippen MR) is 99.6 cm³/mol. The predicted octanol–water partition coefficient (Wildman–Crippen LogP) is 4.52. The van der Waals surface area contributed by atoms with Crippen molar-refractivity contribution in [1.29, 1.82) is 0 Å². The minimum Gasteiger partial charge on any atom is -0.274 e. The van der Waals surface area contributed by atoms with Gasteiger partial charge >= 0.3 is 0 Å². The molecule has 1 atom stereocenters. The lowest BCUT2D eigenvalue weighted by Crippen LogP contribution is -2.31. The van der Waals surface area contributed by atoms with Crippen LogP contribution in [0, 0.1) is 13.8 Å². The second-order valence-electron chi connectivity index (χ2n) is 5.99. The van der Waals surface area contributed by atoms with Crippen molar-refractivity contribution >= 4 is 40.9 Å². The van der Waals surface area contributed by atoms with E-state index in [4.69, 9.17) is 11.6 Å². The van der Waals surface area contributed by atoms with E-state index in [0.717, 1.165) is 16.7 Å². The standard InChI is InChI=1S/C19H18ClNO2S/c1-12-3-8-16(13(2)9-12)21-18(22)10-17(19(21)23)24-11-14-4-6-15(20)7-5-14/h3-9,17H,10-11H2,1-2H3. The number of nitrogens with zero attached hydrogens (tertiary/aromatic N) is 1. The van der Waals surface area contributed by atoms with Crippen LogP contribution in [0.4, 0.5) is 5.69 Å². The van der Waals surface area contributed by atoms with Crippen molar-refractivity contribution in [3.05, 3.63) is 64.2 Å². The van der Waals surface area contributed by atoms with Crippen LogP contribution < -0.4 is 4.90 Å². The number of carbonyl (C=O) groups is 2. The summed E-state index contributed by atoms with van der Waals surface area (Å²) in [5.41, 5.74) is 3.85. The first-order valence-corrected chi connectivity index (χ1v) is 9.18. The summed E-state index contributed by atoms with van der Waals surface area (Å²) < 4.78 is 0. The summed E-state index contributed by atoms with van der Waals surface area (Å²) in [4.78, 5) is 26.4. The average molecular weight is 360 g/mol. The van der Waals surface area contributed by atoms with Crippen molar-refractivity contribution in [2.75, 3.05) is 4.90 Å². The second kappa shape index (κ2) is 6.99. The maximum Gasteiger partial charge on any atom is 0.247 e. The molecule has 5 heteroatoms. The third-order valence-corrected chi connectivity index (χ3v) is 5.59. The van der Waals surface area contributed by atoms with E-state index < -0.39 is 0 Å². The number of imide groups is 1. The zero-order valence-electron chi connectivity index (χ0n) is 13.6. The molecule has 1 aliphatic rings. The largest absolute Gasteiger partial charge is 0.274 e. The van der Waals surface area contributed by atoms with Crippen LogP contribution in [-0.2, 0) is 15.3 Å². The first-order valence-electron chi connectivity index (χ1n) is 7.76. The summed E-state index contributed by atoms with van der Waals surface area (Å²) in [7, 11) is 0. The molecule has 0 radical (unpaired) electrons. The van der Waals surface area contributed by atoms with Gasteiger partial charge in [-0.1, -0.05) is 41.4 Å². The number of rotatable bonds is 4. The molecule has 1 aliphatic heterocycles. The van der Waals surface area contributed by atoms with Gasteiger partial charge in [-0.05, 0) is 43.2 Å². The highest BCUT2D eigenvalue weighted by Gasteiger charge is 2.40. The van der Waals surface area contributed by atoms with E-state index in [1.54, 1.807) is 0 Å². The van der Waals surface area contributed by atoms with Crippen molar-refractivity contribution in [1.82, 2.24) is 0 Å². The minimum atomic E-state index is -0.325. The summed E-state index contributed by atoms with van der Waals surface area (Å²) in [5.74, 6) is 0.438. The molecule has 3 rings (SSSR count). The number of hydrogen-bond donors (Lipinski definition) is 0. The van der Waals surface area contributed by atoms with Crippen LogP contribution in [0.1, 0.15) is 23.1 Å². The van der Waals surface area contributed by atoms with Crippen LogP contribution >= 0.6 is 23.4 Å². The molecular weight excluding hydrogens is 342 g/mol. The summed E-state index contributed by atoms with van der Waals surface area (Å²) >= 11 is 7.39. The van der Waals surface area contributed by atoms with Crippen molar-refractivity contribution in [2.45, 2.75) is 31.3 Å². The SMILES string of the molecule is Cc1ccc(N2C(=O)CC(SCc3ccc(Cl)cc3)C2=O)c(C)c1. The highest BCUT2D eigenvalue weighted by atomic mass is 35.5. The summed E-state index contributed by atoms with van der Waals surface area (Å²) in [6, 6.07) is 13.3. The molecule has 0 N–H and O–H groups in total. The number of aryl methyl sites for hydroxylation is 2. The molecule has 0 saturated carbocycles. The number of halogens is 1. The van der Waals surface area contributed by atoms with Crippen LogP contribution in [0.5, 0.6) is 0 Å². The fourth-order valence-corrected chi connectivity index (χ4v) is 4.04. The zero-order valence-corrected chi connectivity index (χ0v) is 15.2. The third kappa shape index (κ3) is 3.50. The maximum absolute atomic E-state index is 12.7. The van der Waals surface area contributed by atoms with Gasteiger partial charge in [-0.2, -0.15) is 0 Å². The topological polar surface area (TPSA) is 37.4 Å². The van der Waals surface area contributed by atoms with Crippen LogP contribution in [0.25, 0.3) is 0 Å². The molecule has 2 aromatic carbocycles. The van der Waals surface area contributed by atoms with Crippen molar-refractivity contribution in [2.24, 2.45) is 0 Å². The Bertz CT molecular complexity index is 788. The van der Waals surface area contributed by atoms with Crippen molar-refractivity contribution in [3.8, 4) is 0 Å². The molecular formula is C19H18ClNO2S. The number of thioether (sulfide) groups is 1. The lowest BCUT2D eigenvalue weighted by Gasteiger charge is -2.17. The van der Waals surface area contributed by atoms with Gasteiger partial charge in [0.25, 0.3) is 0 Å². The average Bonchev–Trinajstić information content (AvgIpc) is 2.82. The molecule has 1 unspecified atom stereocenters. The maximum atomic E-state index is 12.7. The Morgan fingerprint density at radius 3 is 2.50 bits per heavy atom. The lowest BCUT2D eigenvalue weighted by atomic mass is 10.1. The van der Waals surface area contributed by atoms with Gasteiger partial charge in [-0.3, -0.25) is 9.59 Å². The van der Waals surface area contributed by atoms with Gasteiger partial charge in [-0.25, -0.2) is 4.90 Å². The molecule has 0 bridgehead atoms. The van der Waals surface area contributed by atoms with Gasteiger partial charge in [0, 0.05) is 17.2 Å². The summed E-state index contributed by atoms with van der Waals surface area (Å²) in [6.07, 6.45) is 0.254. The van der Waals surface area contributed by atoms with E-state index in [1.165, 1.54) is 16.7 Å². The zero-order chi connectivity index (χ0) is 17.3. The molecule has 2 amide bonds. The van der Waals surface area contributed by atoms with Gasteiger partial charge in [-0.15, -0.1) is 11.8 Å². The Labute approximate surface area is 151 Å².